The number of rotatable bonds is 3. The first-order chi connectivity index (χ1) is 8.66. The fourth-order valence-electron chi connectivity index (χ4n) is 1.38. The highest BCUT2D eigenvalue weighted by Gasteiger charge is 2.09. The largest absolute Gasteiger partial charge is 0.384 e. The average molecular weight is 243 g/mol. The van der Waals surface area contributed by atoms with Crippen molar-refractivity contribution < 1.29 is 9.90 Å². The lowest BCUT2D eigenvalue weighted by Crippen LogP contribution is -2.24. The van der Waals surface area contributed by atoms with Crippen molar-refractivity contribution in [3.63, 3.8) is 0 Å². The monoisotopic (exact) mass is 243 g/mol. The van der Waals surface area contributed by atoms with Crippen molar-refractivity contribution >= 4 is 11.6 Å². The van der Waals surface area contributed by atoms with Crippen LogP contribution < -0.4 is 5.32 Å². The molecule has 1 aromatic heterocycles. The van der Waals surface area contributed by atoms with Gasteiger partial charge in [-0.25, -0.2) is 9.97 Å². The number of anilines is 1. The Morgan fingerprint density at radius 3 is 2.39 bits per heavy atom. The molecule has 0 bridgehead atoms. The molecule has 1 unspecified atom stereocenters. The summed E-state index contributed by atoms with van der Waals surface area (Å²) in [5.41, 5.74) is 1.37. The van der Waals surface area contributed by atoms with Crippen molar-refractivity contribution in [2.24, 2.45) is 0 Å². The first-order valence-corrected chi connectivity index (χ1v) is 5.53. The predicted molar refractivity (Wildman–Crippen MR) is 67.8 cm³/mol. The van der Waals surface area contributed by atoms with Gasteiger partial charge >= 0.3 is 0 Å². The van der Waals surface area contributed by atoms with Crippen molar-refractivity contribution in [1.82, 2.24) is 9.97 Å². The van der Waals surface area contributed by atoms with E-state index in [0.717, 1.165) is 5.56 Å². The third-order valence-corrected chi connectivity index (χ3v) is 2.33. The van der Waals surface area contributed by atoms with Crippen LogP contribution >= 0.6 is 0 Å². The Balaban J connectivity index is 2.13. The highest BCUT2D eigenvalue weighted by molar-refractivity contribution is 5.93. The van der Waals surface area contributed by atoms with E-state index in [1.54, 1.807) is 0 Å². The molecule has 0 aliphatic heterocycles. The molecule has 0 spiro atoms. The number of benzene rings is 1. The summed E-state index contributed by atoms with van der Waals surface area (Å²) in [6.07, 6.45) is 1.96. The van der Waals surface area contributed by atoms with Crippen LogP contribution in [0.1, 0.15) is 6.92 Å². The number of nitrogens with one attached hydrogen (secondary N) is 1. The molecule has 2 N–H and O–H groups in total. The minimum atomic E-state index is -1.06. The molecular weight excluding hydrogens is 230 g/mol. The van der Waals surface area contributed by atoms with Crippen molar-refractivity contribution in [2.45, 2.75) is 13.0 Å². The molecule has 5 nitrogen and oxygen atoms in total. The molecule has 2 aromatic rings. The van der Waals surface area contributed by atoms with Crippen LogP contribution in [0.3, 0.4) is 0 Å². The molecule has 0 fully saturated rings. The maximum Gasteiger partial charge on any atom is 0.253 e. The Bertz CT molecular complexity index is 524. The lowest BCUT2D eigenvalue weighted by atomic mass is 10.2. The third-order valence-electron chi connectivity index (χ3n) is 2.33. The fraction of sp³-hybridized carbons (Fsp3) is 0.154. The quantitative estimate of drug-likeness (QED) is 0.855. The number of hydrogen-bond donors (Lipinski definition) is 2. The number of amides is 1. The summed E-state index contributed by atoms with van der Waals surface area (Å²) in [5.74, 6) is 0.108. The van der Waals surface area contributed by atoms with E-state index < -0.39 is 12.0 Å². The lowest BCUT2D eigenvalue weighted by Gasteiger charge is -2.06. The Morgan fingerprint density at radius 1 is 1.22 bits per heavy atom. The van der Waals surface area contributed by atoms with E-state index in [4.69, 9.17) is 5.11 Å². The summed E-state index contributed by atoms with van der Waals surface area (Å²) in [4.78, 5) is 19.6. The van der Waals surface area contributed by atoms with Crippen molar-refractivity contribution in [2.75, 3.05) is 5.32 Å². The highest BCUT2D eigenvalue weighted by atomic mass is 16.3. The van der Waals surface area contributed by atoms with Crippen LogP contribution in [0.25, 0.3) is 11.4 Å². The summed E-state index contributed by atoms with van der Waals surface area (Å²) in [6, 6.07) is 9.54. The molecule has 1 heterocycles. The van der Waals surface area contributed by atoms with Crippen molar-refractivity contribution in [1.29, 1.82) is 0 Å². The van der Waals surface area contributed by atoms with Crippen LogP contribution in [0, 0.1) is 0 Å². The number of hydrogen-bond acceptors (Lipinski definition) is 4. The second-order valence-corrected chi connectivity index (χ2v) is 3.83. The molecule has 1 aromatic carbocycles. The lowest BCUT2D eigenvalue weighted by molar-refractivity contribution is -0.123. The minimum absolute atomic E-state index is 0.459. The topological polar surface area (TPSA) is 75.1 Å². The Labute approximate surface area is 105 Å². The van der Waals surface area contributed by atoms with Gasteiger partial charge in [0.1, 0.15) is 6.10 Å². The molecule has 2 rings (SSSR count). The molecule has 0 aliphatic rings. The standard InChI is InChI=1S/C13H13N3O2/c1-9(17)13(18)16-11-7-14-12(15-8-11)10-5-3-2-4-6-10/h2-9,17H,1H3,(H,16,18). The van der Waals surface area contributed by atoms with Crippen LogP contribution in [-0.4, -0.2) is 27.1 Å². The van der Waals surface area contributed by atoms with Gasteiger partial charge in [-0.2, -0.15) is 0 Å². The molecule has 92 valence electrons. The third kappa shape index (κ3) is 2.89. The Kier molecular flexibility index (Phi) is 3.64. The van der Waals surface area contributed by atoms with E-state index >= 15 is 0 Å². The molecule has 0 saturated carbocycles. The van der Waals surface area contributed by atoms with Gasteiger partial charge in [0.2, 0.25) is 0 Å². The SMILES string of the molecule is CC(O)C(=O)Nc1cnc(-c2ccccc2)nc1. The van der Waals surface area contributed by atoms with Gasteiger partial charge in [0, 0.05) is 5.56 Å². The number of carbonyl (C=O) groups is 1. The second-order valence-electron chi connectivity index (χ2n) is 3.83. The number of carbonyl (C=O) groups excluding carboxylic acids is 1. The molecule has 0 saturated heterocycles. The molecule has 1 atom stereocenters. The first kappa shape index (κ1) is 12.2. The van der Waals surface area contributed by atoms with Crippen LogP contribution in [0.15, 0.2) is 42.7 Å². The van der Waals surface area contributed by atoms with Gasteiger partial charge in [-0.3, -0.25) is 4.79 Å². The number of aromatic nitrogens is 2. The van der Waals surface area contributed by atoms with E-state index in [1.807, 2.05) is 30.3 Å². The van der Waals surface area contributed by atoms with Gasteiger partial charge in [-0.05, 0) is 6.92 Å². The van der Waals surface area contributed by atoms with Crippen LogP contribution in [0.5, 0.6) is 0 Å². The van der Waals surface area contributed by atoms with Gasteiger partial charge in [0.15, 0.2) is 5.82 Å². The van der Waals surface area contributed by atoms with Crippen molar-refractivity contribution in [3.05, 3.63) is 42.7 Å². The Hall–Kier alpha value is -2.27. The van der Waals surface area contributed by atoms with E-state index in [-0.39, 0.29) is 0 Å². The van der Waals surface area contributed by atoms with Crippen molar-refractivity contribution in [3.8, 4) is 11.4 Å². The van der Waals surface area contributed by atoms with Crippen LogP contribution in [0.2, 0.25) is 0 Å². The first-order valence-electron chi connectivity index (χ1n) is 5.53. The summed E-state index contributed by atoms with van der Waals surface area (Å²) < 4.78 is 0. The molecule has 18 heavy (non-hydrogen) atoms. The van der Waals surface area contributed by atoms with Gasteiger partial charge in [-0.1, -0.05) is 30.3 Å². The molecule has 5 heteroatoms. The fourth-order valence-corrected chi connectivity index (χ4v) is 1.38. The zero-order valence-electron chi connectivity index (χ0n) is 9.87. The van der Waals surface area contributed by atoms with Gasteiger partial charge < -0.3 is 10.4 Å². The van der Waals surface area contributed by atoms with Gasteiger partial charge in [0.05, 0.1) is 18.1 Å². The normalized spacial score (nSPS) is 11.9. The Morgan fingerprint density at radius 2 is 1.83 bits per heavy atom. The van der Waals surface area contributed by atoms with Gasteiger partial charge in [0.25, 0.3) is 5.91 Å². The smallest absolute Gasteiger partial charge is 0.253 e. The maximum atomic E-state index is 11.3. The number of aliphatic hydroxyl groups is 1. The summed E-state index contributed by atoms with van der Waals surface area (Å²) >= 11 is 0. The molecule has 1 amide bonds. The van der Waals surface area contributed by atoms with Gasteiger partial charge in [-0.15, -0.1) is 0 Å². The van der Waals surface area contributed by atoms with Crippen LogP contribution in [0.4, 0.5) is 5.69 Å². The molecule has 0 radical (unpaired) electrons. The zero-order valence-corrected chi connectivity index (χ0v) is 9.87. The number of aliphatic hydroxyl groups excluding tert-OH is 1. The number of nitrogens with zero attached hydrogens (tertiary/aromatic N) is 2. The molecular formula is C13H13N3O2. The zero-order chi connectivity index (χ0) is 13.0. The maximum absolute atomic E-state index is 11.3. The minimum Gasteiger partial charge on any atom is -0.384 e. The predicted octanol–water partition coefficient (Wildman–Crippen LogP) is 1.46. The average Bonchev–Trinajstić information content (AvgIpc) is 2.40. The van der Waals surface area contributed by atoms with E-state index in [9.17, 15) is 4.79 Å². The summed E-state index contributed by atoms with van der Waals surface area (Å²) in [7, 11) is 0. The van der Waals surface area contributed by atoms with Crippen LogP contribution in [-0.2, 0) is 4.79 Å². The summed E-state index contributed by atoms with van der Waals surface area (Å²) in [6.45, 7) is 1.40. The van der Waals surface area contributed by atoms with E-state index in [0.29, 0.717) is 11.5 Å². The summed E-state index contributed by atoms with van der Waals surface area (Å²) in [5, 5.41) is 11.6. The highest BCUT2D eigenvalue weighted by Crippen LogP contribution is 2.14. The van der Waals surface area contributed by atoms with E-state index in [1.165, 1.54) is 19.3 Å². The van der Waals surface area contributed by atoms with E-state index in [2.05, 4.69) is 15.3 Å². The second kappa shape index (κ2) is 5.37. The molecule has 0 aliphatic carbocycles.